The van der Waals surface area contributed by atoms with Crippen LogP contribution in [0.2, 0.25) is 10.0 Å². The van der Waals surface area contributed by atoms with E-state index in [9.17, 15) is 0 Å². The van der Waals surface area contributed by atoms with Crippen molar-refractivity contribution in [2.24, 2.45) is 5.73 Å². The molecule has 1 aromatic rings. The molecule has 0 aromatic heterocycles. The van der Waals surface area contributed by atoms with Crippen LogP contribution in [0.5, 0.6) is 0 Å². The van der Waals surface area contributed by atoms with Crippen LogP contribution >= 0.6 is 23.2 Å². The zero-order valence-electron chi connectivity index (χ0n) is 8.84. The van der Waals surface area contributed by atoms with E-state index in [4.69, 9.17) is 35.4 Å². The minimum atomic E-state index is -0.0143. The van der Waals surface area contributed by atoms with Gasteiger partial charge < -0.3 is 11.1 Å². The van der Waals surface area contributed by atoms with Gasteiger partial charge in [-0.1, -0.05) is 23.2 Å². The van der Waals surface area contributed by atoms with E-state index in [-0.39, 0.29) is 6.04 Å². The van der Waals surface area contributed by atoms with Crippen LogP contribution in [0.1, 0.15) is 18.0 Å². The highest BCUT2D eigenvalue weighted by Crippen LogP contribution is 2.25. The van der Waals surface area contributed by atoms with Crippen LogP contribution in [0, 0.1) is 12.3 Å². The quantitative estimate of drug-likeness (QED) is 0.628. The van der Waals surface area contributed by atoms with E-state index >= 15 is 0 Å². The fraction of sp³-hybridized carbons (Fsp3) is 0.333. The van der Waals surface area contributed by atoms with E-state index in [2.05, 4.69) is 11.2 Å². The second kappa shape index (κ2) is 6.78. The molecule has 1 atom stereocenters. The normalized spacial score (nSPS) is 12.1. The lowest BCUT2D eigenvalue weighted by molar-refractivity contribution is 0.551. The van der Waals surface area contributed by atoms with Gasteiger partial charge in [-0.3, -0.25) is 0 Å². The number of benzene rings is 1. The lowest BCUT2D eigenvalue weighted by Crippen LogP contribution is -2.29. The van der Waals surface area contributed by atoms with Crippen molar-refractivity contribution in [1.29, 1.82) is 0 Å². The highest BCUT2D eigenvalue weighted by atomic mass is 35.5. The monoisotopic (exact) mass is 256 g/mol. The maximum Gasteiger partial charge on any atom is 0.0460 e. The molecule has 0 fully saturated rings. The highest BCUT2D eigenvalue weighted by molar-refractivity contribution is 6.33. The lowest BCUT2D eigenvalue weighted by atomic mass is 10.1. The second-order valence-corrected chi connectivity index (χ2v) is 4.21. The molecule has 1 aromatic carbocycles. The summed E-state index contributed by atoms with van der Waals surface area (Å²) in [5.41, 5.74) is 6.60. The zero-order valence-corrected chi connectivity index (χ0v) is 10.4. The van der Waals surface area contributed by atoms with Crippen LogP contribution in [-0.2, 0) is 0 Å². The molecule has 3 N–H and O–H groups in total. The fourth-order valence-electron chi connectivity index (χ4n) is 1.42. The number of hydrogen-bond acceptors (Lipinski definition) is 2. The average Bonchev–Trinajstić information content (AvgIpc) is 2.28. The van der Waals surface area contributed by atoms with E-state index in [0.29, 0.717) is 29.6 Å². The Morgan fingerprint density at radius 2 is 2.19 bits per heavy atom. The molecule has 0 bridgehead atoms. The Morgan fingerprint density at radius 3 is 2.81 bits per heavy atom. The Kier molecular flexibility index (Phi) is 5.65. The van der Waals surface area contributed by atoms with Crippen LogP contribution < -0.4 is 11.1 Å². The summed E-state index contributed by atoms with van der Waals surface area (Å²) < 4.78 is 0. The molecule has 0 saturated carbocycles. The van der Waals surface area contributed by atoms with Crippen molar-refractivity contribution >= 4 is 23.2 Å². The fourth-order valence-corrected chi connectivity index (χ4v) is 1.85. The van der Waals surface area contributed by atoms with E-state index in [1.807, 2.05) is 6.07 Å². The first kappa shape index (κ1) is 13.3. The van der Waals surface area contributed by atoms with Gasteiger partial charge in [0.15, 0.2) is 0 Å². The van der Waals surface area contributed by atoms with Gasteiger partial charge in [0.05, 0.1) is 0 Å². The first-order valence-corrected chi connectivity index (χ1v) is 5.76. The summed E-state index contributed by atoms with van der Waals surface area (Å²) in [5, 5.41) is 4.55. The molecule has 2 nitrogen and oxygen atoms in total. The molecule has 1 unspecified atom stereocenters. The Labute approximate surface area is 106 Å². The van der Waals surface area contributed by atoms with Crippen molar-refractivity contribution in [3.05, 3.63) is 33.8 Å². The molecule has 4 heteroatoms. The van der Waals surface area contributed by atoms with Crippen LogP contribution in [0.3, 0.4) is 0 Å². The molecule has 0 aliphatic carbocycles. The summed E-state index contributed by atoms with van der Waals surface area (Å²) in [6, 6.07) is 5.33. The third kappa shape index (κ3) is 3.70. The van der Waals surface area contributed by atoms with Crippen molar-refractivity contribution < 1.29 is 0 Å². The van der Waals surface area contributed by atoms with Crippen LogP contribution in [-0.4, -0.2) is 13.1 Å². The van der Waals surface area contributed by atoms with Gasteiger partial charge in [-0.25, -0.2) is 0 Å². The smallest absolute Gasteiger partial charge is 0.0460 e. The van der Waals surface area contributed by atoms with Gasteiger partial charge in [0.25, 0.3) is 0 Å². The molecule has 16 heavy (non-hydrogen) atoms. The molecule has 0 aliphatic heterocycles. The highest BCUT2D eigenvalue weighted by Gasteiger charge is 2.12. The Balaban J connectivity index is 2.78. The number of hydrogen-bond donors (Lipinski definition) is 2. The van der Waals surface area contributed by atoms with Gasteiger partial charge in [0.1, 0.15) is 0 Å². The topological polar surface area (TPSA) is 38.0 Å². The van der Waals surface area contributed by atoms with E-state index in [0.717, 1.165) is 5.56 Å². The van der Waals surface area contributed by atoms with Gasteiger partial charge >= 0.3 is 0 Å². The summed E-state index contributed by atoms with van der Waals surface area (Å²) in [6.45, 7) is 1.16. The summed E-state index contributed by atoms with van der Waals surface area (Å²) >= 11 is 12.0. The molecule has 0 radical (unpaired) electrons. The minimum Gasteiger partial charge on any atom is -0.329 e. The third-order valence-electron chi connectivity index (χ3n) is 2.23. The standard InChI is InChI=1S/C12H14Cl2N2/c1-2-3-6-16-12(8-15)10-7-9(13)4-5-11(10)14/h1,4-5,7,12,16H,3,6,8,15H2. The Hall–Kier alpha value is -0.720. The van der Waals surface area contributed by atoms with Gasteiger partial charge in [-0.15, -0.1) is 12.3 Å². The molecule has 86 valence electrons. The number of nitrogens with two attached hydrogens (primary N) is 1. The largest absolute Gasteiger partial charge is 0.329 e. The number of nitrogens with one attached hydrogen (secondary N) is 1. The lowest BCUT2D eigenvalue weighted by Gasteiger charge is -2.18. The average molecular weight is 257 g/mol. The Morgan fingerprint density at radius 1 is 1.44 bits per heavy atom. The number of halogens is 2. The van der Waals surface area contributed by atoms with Crippen molar-refractivity contribution in [2.45, 2.75) is 12.5 Å². The summed E-state index contributed by atoms with van der Waals surface area (Å²) in [5.74, 6) is 2.56. The Bertz CT molecular complexity index is 385. The van der Waals surface area contributed by atoms with Crippen molar-refractivity contribution in [3.63, 3.8) is 0 Å². The predicted octanol–water partition coefficient (Wildman–Crippen LogP) is 2.61. The van der Waals surface area contributed by atoms with E-state index in [1.54, 1.807) is 12.1 Å². The van der Waals surface area contributed by atoms with Crippen molar-refractivity contribution in [1.82, 2.24) is 5.32 Å². The molecule has 0 aliphatic rings. The summed E-state index contributed by atoms with van der Waals surface area (Å²) in [6.07, 6.45) is 5.84. The van der Waals surface area contributed by atoms with Crippen molar-refractivity contribution in [2.75, 3.05) is 13.1 Å². The maximum absolute atomic E-state index is 6.09. The summed E-state index contributed by atoms with van der Waals surface area (Å²) in [4.78, 5) is 0. The van der Waals surface area contributed by atoms with Crippen molar-refractivity contribution in [3.8, 4) is 12.3 Å². The molecule has 0 saturated heterocycles. The minimum absolute atomic E-state index is 0.0143. The molecule has 0 spiro atoms. The van der Waals surface area contributed by atoms with Gasteiger partial charge in [-0.05, 0) is 23.8 Å². The first-order valence-electron chi connectivity index (χ1n) is 5.01. The number of terminal acetylenes is 1. The zero-order chi connectivity index (χ0) is 12.0. The molecular formula is C12H14Cl2N2. The van der Waals surface area contributed by atoms with Gasteiger partial charge in [-0.2, -0.15) is 0 Å². The van der Waals surface area contributed by atoms with Crippen LogP contribution in [0.15, 0.2) is 18.2 Å². The molecular weight excluding hydrogens is 243 g/mol. The molecule has 0 amide bonds. The predicted molar refractivity (Wildman–Crippen MR) is 69.7 cm³/mol. The van der Waals surface area contributed by atoms with Gasteiger partial charge in [0.2, 0.25) is 0 Å². The number of rotatable bonds is 5. The molecule has 1 rings (SSSR count). The summed E-state index contributed by atoms with van der Waals surface area (Å²) in [7, 11) is 0. The van der Waals surface area contributed by atoms with E-state index in [1.165, 1.54) is 0 Å². The third-order valence-corrected chi connectivity index (χ3v) is 2.81. The second-order valence-electron chi connectivity index (χ2n) is 3.36. The van der Waals surface area contributed by atoms with Crippen LogP contribution in [0.4, 0.5) is 0 Å². The molecule has 0 heterocycles. The SMILES string of the molecule is C#CCCNC(CN)c1cc(Cl)ccc1Cl. The first-order chi connectivity index (χ1) is 7.69. The van der Waals surface area contributed by atoms with Gasteiger partial charge in [0, 0.05) is 35.6 Å². The van der Waals surface area contributed by atoms with E-state index < -0.39 is 0 Å². The maximum atomic E-state index is 6.09. The van der Waals surface area contributed by atoms with Crippen LogP contribution in [0.25, 0.3) is 0 Å².